The maximum Gasteiger partial charge on any atom is 0.251 e. The van der Waals surface area contributed by atoms with E-state index in [4.69, 9.17) is 10.5 Å². The number of ether oxygens (including phenoxy) is 1. The highest BCUT2D eigenvalue weighted by Gasteiger charge is 2.23. The van der Waals surface area contributed by atoms with Gasteiger partial charge in [0.25, 0.3) is 5.91 Å². The molecule has 5 rings (SSSR count). The number of pyridine rings is 1. The molecule has 1 amide bonds. The van der Waals surface area contributed by atoms with Gasteiger partial charge in [0.15, 0.2) is 0 Å². The fraction of sp³-hybridized carbons (Fsp3) is 0.308. The number of amides is 1. The molecule has 2 aromatic carbocycles. The van der Waals surface area contributed by atoms with E-state index in [1.807, 2.05) is 24.4 Å². The smallest absolute Gasteiger partial charge is 0.251 e. The van der Waals surface area contributed by atoms with Gasteiger partial charge >= 0.3 is 0 Å². The molecule has 3 aromatic rings. The molecule has 0 spiro atoms. The van der Waals surface area contributed by atoms with Crippen LogP contribution in [0.4, 0.5) is 11.5 Å². The second kappa shape index (κ2) is 8.28. The fourth-order valence-electron chi connectivity index (χ4n) is 4.44. The quantitative estimate of drug-likeness (QED) is 0.654. The van der Waals surface area contributed by atoms with E-state index in [1.165, 1.54) is 5.69 Å². The summed E-state index contributed by atoms with van der Waals surface area (Å²) in [6.45, 7) is 7.55. The average Bonchev–Trinajstić information content (AvgIpc) is 3.19. The summed E-state index contributed by atoms with van der Waals surface area (Å²) in [4.78, 5) is 18.7. The lowest BCUT2D eigenvalue weighted by Crippen LogP contribution is -2.44. The Hall–Kier alpha value is -3.38. The number of nitrogen functional groups attached to an aromatic ring is 1. The van der Waals surface area contributed by atoms with Crippen molar-refractivity contribution in [3.05, 3.63) is 65.9 Å². The van der Waals surface area contributed by atoms with Crippen LogP contribution in [0.2, 0.25) is 0 Å². The third kappa shape index (κ3) is 3.82. The Morgan fingerprint density at radius 2 is 1.84 bits per heavy atom. The van der Waals surface area contributed by atoms with Gasteiger partial charge in [-0.25, -0.2) is 4.98 Å². The molecule has 164 valence electrons. The van der Waals surface area contributed by atoms with Crippen molar-refractivity contribution in [2.24, 2.45) is 5.92 Å². The first-order chi connectivity index (χ1) is 15.5. The SMILES string of the molecule is CC(C)C1CN(c2ccc(-c3cnc(N)c(-c4ccc5c(c4)CNC5=O)c3)cc2)CCO1. The summed E-state index contributed by atoms with van der Waals surface area (Å²) in [7, 11) is 0. The maximum absolute atomic E-state index is 11.9. The molecular formula is C26H28N4O2. The van der Waals surface area contributed by atoms with E-state index < -0.39 is 0 Å². The number of hydrogen-bond acceptors (Lipinski definition) is 5. The van der Waals surface area contributed by atoms with Crippen molar-refractivity contribution in [3.63, 3.8) is 0 Å². The molecule has 0 saturated carbocycles. The summed E-state index contributed by atoms with van der Waals surface area (Å²) in [6.07, 6.45) is 2.08. The van der Waals surface area contributed by atoms with Crippen LogP contribution in [-0.2, 0) is 11.3 Å². The summed E-state index contributed by atoms with van der Waals surface area (Å²) in [6, 6.07) is 16.5. The van der Waals surface area contributed by atoms with Crippen LogP contribution in [0.25, 0.3) is 22.3 Å². The monoisotopic (exact) mass is 428 g/mol. The van der Waals surface area contributed by atoms with Crippen molar-refractivity contribution < 1.29 is 9.53 Å². The Bertz CT molecular complexity index is 1160. The number of morpholine rings is 1. The molecule has 2 aliphatic heterocycles. The van der Waals surface area contributed by atoms with Crippen LogP contribution < -0.4 is 16.0 Å². The highest BCUT2D eigenvalue weighted by Crippen LogP contribution is 2.32. The zero-order valence-electron chi connectivity index (χ0n) is 18.5. The van der Waals surface area contributed by atoms with Gasteiger partial charge in [0, 0.05) is 48.2 Å². The molecule has 2 aliphatic rings. The van der Waals surface area contributed by atoms with E-state index in [9.17, 15) is 4.79 Å². The topological polar surface area (TPSA) is 80.5 Å². The van der Waals surface area contributed by atoms with Gasteiger partial charge in [0.1, 0.15) is 5.82 Å². The Labute approximate surface area is 188 Å². The number of nitrogens with one attached hydrogen (secondary N) is 1. The van der Waals surface area contributed by atoms with Gasteiger partial charge in [-0.15, -0.1) is 0 Å². The van der Waals surface area contributed by atoms with Gasteiger partial charge in [-0.1, -0.05) is 32.0 Å². The van der Waals surface area contributed by atoms with Crippen LogP contribution >= 0.6 is 0 Å². The molecule has 6 heteroatoms. The van der Waals surface area contributed by atoms with Crippen LogP contribution in [0.1, 0.15) is 29.8 Å². The normalized spacial score (nSPS) is 18.0. The highest BCUT2D eigenvalue weighted by molar-refractivity contribution is 5.99. The third-order valence-corrected chi connectivity index (χ3v) is 6.42. The van der Waals surface area contributed by atoms with Crippen molar-refractivity contribution >= 4 is 17.4 Å². The number of aromatic nitrogens is 1. The van der Waals surface area contributed by atoms with Crippen LogP contribution in [0.5, 0.6) is 0 Å². The molecule has 3 heterocycles. The van der Waals surface area contributed by atoms with Crippen molar-refractivity contribution in [2.75, 3.05) is 30.3 Å². The number of anilines is 2. The zero-order valence-corrected chi connectivity index (χ0v) is 18.5. The fourth-order valence-corrected chi connectivity index (χ4v) is 4.44. The minimum absolute atomic E-state index is 0.0218. The van der Waals surface area contributed by atoms with Crippen molar-refractivity contribution in [2.45, 2.75) is 26.5 Å². The molecule has 1 saturated heterocycles. The molecule has 0 radical (unpaired) electrons. The predicted octanol–water partition coefficient (Wildman–Crippen LogP) is 4.10. The molecule has 0 bridgehead atoms. The number of fused-ring (bicyclic) bond motifs is 1. The zero-order chi connectivity index (χ0) is 22.2. The van der Waals surface area contributed by atoms with E-state index in [0.717, 1.165) is 53.1 Å². The van der Waals surface area contributed by atoms with E-state index in [0.29, 0.717) is 18.3 Å². The minimum Gasteiger partial charge on any atom is -0.383 e. The van der Waals surface area contributed by atoms with Crippen LogP contribution in [-0.4, -0.2) is 36.7 Å². The number of benzene rings is 2. The lowest BCUT2D eigenvalue weighted by atomic mass is 9.98. The molecule has 1 aromatic heterocycles. The number of nitrogens with zero attached hydrogens (tertiary/aromatic N) is 2. The van der Waals surface area contributed by atoms with E-state index >= 15 is 0 Å². The summed E-state index contributed by atoms with van der Waals surface area (Å²) < 4.78 is 5.90. The van der Waals surface area contributed by atoms with Gasteiger partial charge in [-0.2, -0.15) is 0 Å². The van der Waals surface area contributed by atoms with E-state index in [2.05, 4.69) is 59.4 Å². The van der Waals surface area contributed by atoms with Gasteiger partial charge < -0.3 is 20.7 Å². The summed E-state index contributed by atoms with van der Waals surface area (Å²) >= 11 is 0. The van der Waals surface area contributed by atoms with Gasteiger partial charge in [0.2, 0.25) is 0 Å². The third-order valence-electron chi connectivity index (χ3n) is 6.42. The predicted molar refractivity (Wildman–Crippen MR) is 127 cm³/mol. The summed E-state index contributed by atoms with van der Waals surface area (Å²) in [5.41, 5.74) is 13.1. The average molecular weight is 429 g/mol. The molecule has 1 fully saturated rings. The molecule has 1 atom stereocenters. The van der Waals surface area contributed by atoms with Crippen LogP contribution in [0.3, 0.4) is 0 Å². The van der Waals surface area contributed by atoms with E-state index in [1.54, 1.807) is 0 Å². The second-order valence-corrected chi connectivity index (χ2v) is 8.86. The van der Waals surface area contributed by atoms with Crippen molar-refractivity contribution in [1.82, 2.24) is 10.3 Å². The largest absolute Gasteiger partial charge is 0.383 e. The number of carbonyl (C=O) groups is 1. The van der Waals surface area contributed by atoms with Crippen LogP contribution in [0.15, 0.2) is 54.7 Å². The summed E-state index contributed by atoms with van der Waals surface area (Å²) in [5.74, 6) is 0.964. The molecule has 32 heavy (non-hydrogen) atoms. The van der Waals surface area contributed by atoms with Gasteiger partial charge in [-0.3, -0.25) is 4.79 Å². The number of nitrogens with two attached hydrogens (primary N) is 1. The Kier molecular flexibility index (Phi) is 5.31. The lowest BCUT2D eigenvalue weighted by molar-refractivity contribution is 0.0114. The molecule has 6 nitrogen and oxygen atoms in total. The first-order valence-corrected chi connectivity index (χ1v) is 11.1. The van der Waals surface area contributed by atoms with Crippen molar-refractivity contribution in [3.8, 4) is 22.3 Å². The van der Waals surface area contributed by atoms with E-state index in [-0.39, 0.29) is 12.0 Å². The Balaban J connectivity index is 1.41. The van der Waals surface area contributed by atoms with Gasteiger partial charge in [-0.05, 0) is 52.9 Å². The van der Waals surface area contributed by atoms with Crippen LogP contribution in [0, 0.1) is 5.92 Å². The van der Waals surface area contributed by atoms with Crippen molar-refractivity contribution in [1.29, 1.82) is 0 Å². The number of hydrogen-bond donors (Lipinski definition) is 2. The second-order valence-electron chi connectivity index (χ2n) is 8.86. The molecular weight excluding hydrogens is 400 g/mol. The molecule has 1 unspecified atom stereocenters. The molecule has 3 N–H and O–H groups in total. The lowest BCUT2D eigenvalue weighted by Gasteiger charge is -2.36. The standard InChI is InChI=1S/C26H28N4O2/c1-16(2)24-15-30(9-10-32-24)21-6-3-17(4-7-21)19-12-23(25(27)28-13-19)18-5-8-22-20(11-18)14-29-26(22)31/h3-8,11-13,16,24H,9-10,14-15H2,1-2H3,(H2,27,28)(H,29,31). The number of rotatable bonds is 4. The first kappa shape index (κ1) is 20.5. The Morgan fingerprint density at radius 3 is 2.62 bits per heavy atom. The first-order valence-electron chi connectivity index (χ1n) is 11.1. The highest BCUT2D eigenvalue weighted by atomic mass is 16.5. The number of carbonyl (C=O) groups excluding carboxylic acids is 1. The Morgan fingerprint density at radius 1 is 1.06 bits per heavy atom. The maximum atomic E-state index is 11.9. The minimum atomic E-state index is -0.0218. The summed E-state index contributed by atoms with van der Waals surface area (Å²) in [5, 5.41) is 2.86. The van der Waals surface area contributed by atoms with Gasteiger partial charge in [0.05, 0.1) is 12.7 Å². The molecule has 0 aliphatic carbocycles.